The average Bonchev–Trinajstić information content (AvgIpc) is 2.60. The lowest BCUT2D eigenvalue weighted by atomic mass is 9.85. The van der Waals surface area contributed by atoms with E-state index < -0.39 is 6.10 Å². The number of rotatable bonds is 4. The van der Waals surface area contributed by atoms with Crippen molar-refractivity contribution in [3.05, 3.63) is 70.5 Å². The molecule has 1 unspecified atom stereocenters. The molecule has 1 atom stereocenters. The summed E-state index contributed by atoms with van der Waals surface area (Å²) >= 11 is 0. The number of amides is 1. The van der Waals surface area contributed by atoms with Crippen molar-refractivity contribution in [2.75, 3.05) is 5.32 Å². The van der Waals surface area contributed by atoms with Crippen molar-refractivity contribution in [3.63, 3.8) is 0 Å². The highest BCUT2D eigenvalue weighted by Gasteiger charge is 2.19. The van der Waals surface area contributed by atoms with Crippen molar-refractivity contribution >= 4 is 22.5 Å². The Labute approximate surface area is 158 Å². The van der Waals surface area contributed by atoms with Gasteiger partial charge >= 0.3 is 0 Å². The predicted octanol–water partition coefficient (Wildman–Crippen LogP) is 4.23. The first-order chi connectivity index (χ1) is 12.7. The summed E-state index contributed by atoms with van der Waals surface area (Å²) in [5, 5.41) is 3.81. The summed E-state index contributed by atoms with van der Waals surface area (Å²) < 4.78 is 5.65. The van der Waals surface area contributed by atoms with Gasteiger partial charge in [-0.05, 0) is 42.2 Å². The van der Waals surface area contributed by atoms with Gasteiger partial charge in [-0.3, -0.25) is 9.59 Å². The summed E-state index contributed by atoms with van der Waals surface area (Å²) in [7, 11) is 0. The number of aromatic nitrogens is 1. The van der Waals surface area contributed by atoms with Gasteiger partial charge < -0.3 is 15.0 Å². The molecule has 5 nitrogen and oxygen atoms in total. The van der Waals surface area contributed by atoms with E-state index in [1.54, 1.807) is 31.2 Å². The van der Waals surface area contributed by atoms with E-state index in [0.29, 0.717) is 17.0 Å². The minimum Gasteiger partial charge on any atom is -0.481 e. The Morgan fingerprint density at radius 2 is 1.78 bits per heavy atom. The Bertz CT molecular complexity index is 1020. The first-order valence-corrected chi connectivity index (χ1v) is 8.94. The zero-order valence-corrected chi connectivity index (χ0v) is 16.0. The van der Waals surface area contributed by atoms with E-state index >= 15 is 0 Å². The van der Waals surface area contributed by atoms with E-state index in [9.17, 15) is 9.59 Å². The van der Waals surface area contributed by atoms with Crippen molar-refractivity contribution in [2.24, 2.45) is 0 Å². The molecule has 0 spiro atoms. The lowest BCUT2D eigenvalue weighted by Crippen LogP contribution is -2.30. The van der Waals surface area contributed by atoms with Crippen molar-refractivity contribution in [1.29, 1.82) is 0 Å². The average molecular weight is 364 g/mol. The second-order valence-corrected chi connectivity index (χ2v) is 7.62. The largest absolute Gasteiger partial charge is 0.481 e. The normalized spacial score (nSPS) is 12.6. The Morgan fingerprint density at radius 1 is 1.07 bits per heavy atom. The molecule has 0 fully saturated rings. The molecule has 140 valence electrons. The second kappa shape index (κ2) is 7.27. The second-order valence-electron chi connectivity index (χ2n) is 7.62. The van der Waals surface area contributed by atoms with Crippen LogP contribution in [0.5, 0.6) is 5.75 Å². The lowest BCUT2D eigenvalue weighted by molar-refractivity contribution is -0.122. The molecule has 3 aromatic rings. The number of para-hydroxylation sites is 1. The number of fused-ring (bicyclic) bond motifs is 1. The SMILES string of the molecule is CC(Oc1ccccc1)C(=O)Nc1ccc2c(C(C)(C)C)cc(=O)[nH]c2c1. The zero-order chi connectivity index (χ0) is 19.6. The van der Waals surface area contributed by atoms with E-state index in [1.165, 1.54) is 0 Å². The molecule has 0 aliphatic rings. The standard InChI is InChI=1S/C22H24N2O3/c1-14(27-16-8-6-5-7-9-16)21(26)23-15-10-11-17-18(22(2,3)4)13-20(25)24-19(17)12-15/h5-14H,1-4H3,(H,23,26)(H,24,25). The van der Waals surface area contributed by atoms with E-state index in [-0.39, 0.29) is 16.9 Å². The van der Waals surface area contributed by atoms with Crippen molar-refractivity contribution in [2.45, 2.75) is 39.2 Å². The van der Waals surface area contributed by atoms with Crippen LogP contribution in [0.2, 0.25) is 0 Å². The summed E-state index contributed by atoms with van der Waals surface area (Å²) in [6, 6.07) is 16.4. The van der Waals surface area contributed by atoms with Crippen LogP contribution in [0.15, 0.2) is 59.4 Å². The molecule has 3 rings (SSSR count). The quantitative estimate of drug-likeness (QED) is 0.728. The lowest BCUT2D eigenvalue weighted by Gasteiger charge is -2.21. The van der Waals surface area contributed by atoms with Crippen LogP contribution in [-0.4, -0.2) is 17.0 Å². The first kappa shape index (κ1) is 18.7. The molecule has 1 heterocycles. The summed E-state index contributed by atoms with van der Waals surface area (Å²) in [5.74, 6) is 0.380. The molecule has 27 heavy (non-hydrogen) atoms. The van der Waals surface area contributed by atoms with Gasteiger partial charge in [0.2, 0.25) is 5.56 Å². The third-order valence-corrected chi connectivity index (χ3v) is 4.34. The molecule has 1 amide bonds. The van der Waals surface area contributed by atoms with Gasteiger partial charge in [-0.25, -0.2) is 0 Å². The molecule has 0 aliphatic heterocycles. The highest BCUT2D eigenvalue weighted by Crippen LogP contribution is 2.29. The number of pyridine rings is 1. The number of H-pyrrole nitrogens is 1. The number of carbonyl (C=O) groups is 1. The number of carbonyl (C=O) groups excluding carboxylic acids is 1. The molecule has 0 saturated heterocycles. The van der Waals surface area contributed by atoms with Gasteiger partial charge in [0.15, 0.2) is 6.10 Å². The number of ether oxygens (including phenoxy) is 1. The van der Waals surface area contributed by atoms with E-state index in [2.05, 4.69) is 31.1 Å². The zero-order valence-electron chi connectivity index (χ0n) is 16.0. The first-order valence-electron chi connectivity index (χ1n) is 8.94. The molecule has 0 radical (unpaired) electrons. The smallest absolute Gasteiger partial charge is 0.265 e. The van der Waals surface area contributed by atoms with Crippen LogP contribution in [-0.2, 0) is 10.2 Å². The molecule has 2 aromatic carbocycles. The molecule has 2 N–H and O–H groups in total. The van der Waals surface area contributed by atoms with Crippen LogP contribution in [0.3, 0.4) is 0 Å². The summed E-state index contributed by atoms with van der Waals surface area (Å²) in [6.45, 7) is 7.90. The molecular weight excluding hydrogens is 340 g/mol. The molecule has 0 bridgehead atoms. The molecule has 0 aliphatic carbocycles. The Kier molecular flexibility index (Phi) is 5.04. The number of hydrogen-bond acceptors (Lipinski definition) is 3. The highest BCUT2D eigenvalue weighted by atomic mass is 16.5. The van der Waals surface area contributed by atoms with Crippen LogP contribution in [0, 0.1) is 0 Å². The van der Waals surface area contributed by atoms with Crippen molar-refractivity contribution < 1.29 is 9.53 Å². The third kappa shape index (κ3) is 4.37. The van der Waals surface area contributed by atoms with Crippen LogP contribution < -0.4 is 15.6 Å². The number of hydrogen-bond donors (Lipinski definition) is 2. The van der Waals surface area contributed by atoms with E-state index in [1.807, 2.05) is 30.3 Å². The topological polar surface area (TPSA) is 71.2 Å². The van der Waals surface area contributed by atoms with Crippen molar-refractivity contribution in [3.8, 4) is 5.75 Å². The Balaban J connectivity index is 1.83. The number of benzene rings is 2. The maximum absolute atomic E-state index is 12.4. The fraction of sp³-hybridized carbons (Fsp3) is 0.273. The van der Waals surface area contributed by atoms with Crippen LogP contribution in [0.1, 0.15) is 33.3 Å². The Hall–Kier alpha value is -3.08. The van der Waals surface area contributed by atoms with Crippen LogP contribution >= 0.6 is 0 Å². The van der Waals surface area contributed by atoms with E-state index in [4.69, 9.17) is 4.74 Å². The fourth-order valence-corrected chi connectivity index (χ4v) is 2.96. The summed E-state index contributed by atoms with van der Waals surface area (Å²) in [4.78, 5) is 27.3. The van der Waals surface area contributed by atoms with Gasteiger partial charge in [-0.15, -0.1) is 0 Å². The predicted molar refractivity (Wildman–Crippen MR) is 108 cm³/mol. The fourth-order valence-electron chi connectivity index (χ4n) is 2.96. The maximum atomic E-state index is 12.4. The monoisotopic (exact) mass is 364 g/mol. The van der Waals surface area contributed by atoms with Gasteiger partial charge in [0.05, 0.1) is 5.52 Å². The highest BCUT2D eigenvalue weighted by molar-refractivity contribution is 5.96. The maximum Gasteiger partial charge on any atom is 0.265 e. The van der Waals surface area contributed by atoms with Crippen molar-refractivity contribution in [1.82, 2.24) is 4.98 Å². The number of anilines is 1. The van der Waals surface area contributed by atoms with Gasteiger partial charge in [-0.2, -0.15) is 0 Å². The van der Waals surface area contributed by atoms with E-state index in [0.717, 1.165) is 10.9 Å². The summed E-state index contributed by atoms with van der Waals surface area (Å²) in [6.07, 6.45) is -0.650. The third-order valence-electron chi connectivity index (χ3n) is 4.34. The molecule has 0 saturated carbocycles. The minimum atomic E-state index is -0.650. The van der Waals surface area contributed by atoms with Crippen LogP contribution in [0.4, 0.5) is 5.69 Å². The number of aromatic amines is 1. The van der Waals surface area contributed by atoms with Gasteiger partial charge in [0.25, 0.3) is 5.91 Å². The van der Waals surface area contributed by atoms with Gasteiger partial charge in [0, 0.05) is 17.1 Å². The number of nitrogens with one attached hydrogen (secondary N) is 2. The molecule has 1 aromatic heterocycles. The minimum absolute atomic E-state index is 0.156. The molecule has 5 heteroatoms. The van der Waals surface area contributed by atoms with Gasteiger partial charge in [0.1, 0.15) is 5.75 Å². The molecular formula is C22H24N2O3. The Morgan fingerprint density at radius 3 is 2.44 bits per heavy atom. The van der Waals surface area contributed by atoms with Crippen LogP contribution in [0.25, 0.3) is 10.9 Å². The van der Waals surface area contributed by atoms with Gasteiger partial charge in [-0.1, -0.05) is 45.0 Å². The summed E-state index contributed by atoms with van der Waals surface area (Å²) in [5.41, 5.74) is 1.96.